The van der Waals surface area contributed by atoms with Crippen LogP contribution >= 0.6 is 0 Å². The highest BCUT2D eigenvalue weighted by Gasteiger charge is 2.28. The van der Waals surface area contributed by atoms with Crippen LogP contribution < -0.4 is 4.90 Å². The lowest BCUT2D eigenvalue weighted by atomic mass is 9.93. The van der Waals surface area contributed by atoms with Crippen LogP contribution in [0.25, 0.3) is 11.1 Å². The van der Waals surface area contributed by atoms with E-state index >= 15 is 0 Å². The molecule has 3 aromatic rings. The summed E-state index contributed by atoms with van der Waals surface area (Å²) < 4.78 is 15.5. The Morgan fingerprint density at radius 3 is 2.63 bits per heavy atom. The number of hydrogen-bond acceptors (Lipinski definition) is 5. The quantitative estimate of drug-likeness (QED) is 0.609. The van der Waals surface area contributed by atoms with Gasteiger partial charge in [-0.15, -0.1) is 0 Å². The summed E-state index contributed by atoms with van der Waals surface area (Å²) >= 11 is 0. The monoisotopic (exact) mass is 408 g/mol. The van der Waals surface area contributed by atoms with Gasteiger partial charge in [-0.3, -0.25) is 9.58 Å². The first-order chi connectivity index (χ1) is 14.5. The lowest BCUT2D eigenvalue weighted by Crippen LogP contribution is -2.34. The van der Waals surface area contributed by atoms with E-state index in [0.717, 1.165) is 42.9 Å². The molecule has 0 radical (unpaired) electrons. The number of aryl methyl sites for hydroxylation is 1. The molecule has 1 aliphatic heterocycles. The van der Waals surface area contributed by atoms with Crippen molar-refractivity contribution >= 4 is 5.95 Å². The van der Waals surface area contributed by atoms with Crippen molar-refractivity contribution in [2.45, 2.75) is 45.3 Å². The molecule has 158 valence electrons. The fourth-order valence-corrected chi connectivity index (χ4v) is 4.09. The molecule has 0 unspecified atom stereocenters. The summed E-state index contributed by atoms with van der Waals surface area (Å²) in [5, 5.41) is 4.43. The summed E-state index contributed by atoms with van der Waals surface area (Å²) in [6.45, 7) is 4.83. The van der Waals surface area contributed by atoms with Crippen molar-refractivity contribution in [1.29, 1.82) is 0 Å². The number of halogens is 1. The maximum Gasteiger partial charge on any atom is 0.225 e. The van der Waals surface area contributed by atoms with Crippen LogP contribution in [0.3, 0.4) is 0 Å². The van der Waals surface area contributed by atoms with Gasteiger partial charge >= 0.3 is 0 Å². The van der Waals surface area contributed by atoms with E-state index in [1.807, 2.05) is 48.2 Å². The van der Waals surface area contributed by atoms with Crippen LogP contribution in [0.4, 0.5) is 10.3 Å². The first-order valence-electron chi connectivity index (χ1n) is 10.6. The van der Waals surface area contributed by atoms with Crippen molar-refractivity contribution in [1.82, 2.24) is 24.6 Å². The van der Waals surface area contributed by atoms with Gasteiger partial charge in [0.1, 0.15) is 5.82 Å². The van der Waals surface area contributed by atoms with E-state index in [0.29, 0.717) is 5.95 Å². The summed E-state index contributed by atoms with van der Waals surface area (Å²) in [6.07, 6.45) is 9.35. The minimum Gasteiger partial charge on any atom is -0.347 e. The minimum atomic E-state index is -0.238. The van der Waals surface area contributed by atoms with Gasteiger partial charge in [0.15, 0.2) is 0 Å². The van der Waals surface area contributed by atoms with Crippen LogP contribution in [-0.4, -0.2) is 45.3 Å². The van der Waals surface area contributed by atoms with Gasteiger partial charge in [-0.25, -0.2) is 14.4 Å². The summed E-state index contributed by atoms with van der Waals surface area (Å²) in [5.41, 5.74) is 4.15. The van der Waals surface area contributed by atoms with Crippen LogP contribution in [0.2, 0.25) is 0 Å². The van der Waals surface area contributed by atoms with E-state index in [1.165, 1.54) is 30.5 Å². The van der Waals surface area contributed by atoms with Gasteiger partial charge in [0, 0.05) is 50.7 Å². The van der Waals surface area contributed by atoms with Gasteiger partial charge in [0.25, 0.3) is 0 Å². The zero-order valence-corrected chi connectivity index (χ0v) is 17.9. The predicted molar refractivity (Wildman–Crippen MR) is 117 cm³/mol. The number of benzene rings is 1. The van der Waals surface area contributed by atoms with Gasteiger partial charge in [0.2, 0.25) is 5.95 Å². The highest BCUT2D eigenvalue weighted by molar-refractivity contribution is 5.66. The molecule has 0 aliphatic carbocycles. The maximum absolute atomic E-state index is 13.5. The molecule has 1 fully saturated rings. The van der Waals surface area contributed by atoms with Crippen molar-refractivity contribution in [2.24, 2.45) is 0 Å². The molecular weight excluding hydrogens is 379 g/mol. The van der Waals surface area contributed by atoms with Gasteiger partial charge in [0.05, 0.1) is 17.9 Å². The van der Waals surface area contributed by atoms with Gasteiger partial charge in [-0.05, 0) is 44.0 Å². The minimum absolute atomic E-state index is 0.186. The van der Waals surface area contributed by atoms with Crippen LogP contribution in [0.1, 0.15) is 43.5 Å². The highest BCUT2D eigenvalue weighted by atomic mass is 19.1. The third-order valence-electron chi connectivity index (χ3n) is 5.69. The Bertz CT molecular complexity index is 982. The van der Waals surface area contributed by atoms with Crippen LogP contribution in [0.15, 0.2) is 42.9 Å². The van der Waals surface area contributed by atoms with E-state index in [4.69, 9.17) is 4.98 Å². The molecule has 6 nitrogen and oxygen atoms in total. The van der Waals surface area contributed by atoms with E-state index in [9.17, 15) is 4.39 Å². The van der Waals surface area contributed by atoms with Crippen LogP contribution in [0, 0.1) is 5.82 Å². The number of piperidine rings is 1. The summed E-state index contributed by atoms with van der Waals surface area (Å²) in [7, 11) is 3.91. The number of aromatic nitrogens is 4. The fourth-order valence-electron chi connectivity index (χ4n) is 4.09. The molecule has 3 heterocycles. The molecule has 0 N–H and O–H groups in total. The Hall–Kier alpha value is -2.80. The fraction of sp³-hybridized carbons (Fsp3) is 0.435. The molecule has 2 aromatic heterocycles. The second kappa shape index (κ2) is 8.92. The third-order valence-corrected chi connectivity index (χ3v) is 5.69. The molecule has 7 heteroatoms. The van der Waals surface area contributed by atoms with Crippen molar-refractivity contribution in [3.05, 3.63) is 59.9 Å². The van der Waals surface area contributed by atoms with E-state index in [2.05, 4.69) is 28.1 Å². The van der Waals surface area contributed by atoms with Crippen molar-refractivity contribution in [3.63, 3.8) is 0 Å². The molecule has 0 spiro atoms. The third kappa shape index (κ3) is 4.36. The molecule has 1 aromatic carbocycles. The Balaban J connectivity index is 1.72. The first-order valence-corrected chi connectivity index (χ1v) is 10.6. The Labute approximate surface area is 177 Å². The second-order valence-electron chi connectivity index (χ2n) is 8.06. The van der Waals surface area contributed by atoms with Crippen molar-refractivity contribution in [3.8, 4) is 11.1 Å². The SMILES string of the molecule is CCn1cc(CN2CCCC[C@H]2c2nc(N(C)C)ncc2-c2ccc(F)cc2)cn1. The molecule has 1 aliphatic rings. The van der Waals surface area contributed by atoms with E-state index in [1.54, 1.807) is 0 Å². The summed E-state index contributed by atoms with van der Waals surface area (Å²) in [5.74, 6) is 0.457. The molecule has 1 atom stereocenters. The Morgan fingerprint density at radius 2 is 1.93 bits per heavy atom. The average Bonchev–Trinajstić information content (AvgIpc) is 3.22. The highest BCUT2D eigenvalue weighted by Crippen LogP contribution is 2.37. The molecule has 30 heavy (non-hydrogen) atoms. The zero-order chi connectivity index (χ0) is 21.1. The molecule has 1 saturated heterocycles. The normalized spacial score (nSPS) is 17.3. The van der Waals surface area contributed by atoms with Crippen LogP contribution in [0.5, 0.6) is 0 Å². The molecule has 0 bridgehead atoms. The van der Waals surface area contributed by atoms with Gasteiger partial charge in [-0.1, -0.05) is 18.6 Å². The first kappa shape index (κ1) is 20.5. The number of nitrogens with zero attached hydrogens (tertiary/aromatic N) is 6. The maximum atomic E-state index is 13.5. The molecule has 0 saturated carbocycles. The summed E-state index contributed by atoms with van der Waals surface area (Å²) in [4.78, 5) is 13.9. The van der Waals surface area contributed by atoms with Gasteiger partial charge < -0.3 is 4.90 Å². The van der Waals surface area contributed by atoms with Crippen LogP contribution in [-0.2, 0) is 13.1 Å². The van der Waals surface area contributed by atoms with E-state index in [-0.39, 0.29) is 11.9 Å². The van der Waals surface area contributed by atoms with Crippen molar-refractivity contribution < 1.29 is 4.39 Å². The largest absolute Gasteiger partial charge is 0.347 e. The lowest BCUT2D eigenvalue weighted by molar-refractivity contribution is 0.137. The standard InChI is InChI=1S/C23H29FN6/c1-4-30-16-17(13-26-30)15-29-12-6-5-7-21(29)22-20(14-25-23(27-22)28(2)3)18-8-10-19(24)11-9-18/h8-11,13-14,16,21H,4-7,12,15H2,1-3H3/t21-/m0/s1. The lowest BCUT2D eigenvalue weighted by Gasteiger charge is -2.36. The second-order valence-corrected chi connectivity index (χ2v) is 8.06. The topological polar surface area (TPSA) is 50.1 Å². The molecule has 0 amide bonds. The molecular formula is C23H29FN6. The molecule has 4 rings (SSSR count). The Kier molecular flexibility index (Phi) is 6.08. The Morgan fingerprint density at radius 1 is 1.13 bits per heavy atom. The number of rotatable bonds is 6. The number of likely N-dealkylation sites (tertiary alicyclic amines) is 1. The predicted octanol–water partition coefficient (Wildman–Crippen LogP) is 4.29. The zero-order valence-electron chi connectivity index (χ0n) is 17.9. The number of hydrogen-bond donors (Lipinski definition) is 0. The van der Waals surface area contributed by atoms with E-state index < -0.39 is 0 Å². The van der Waals surface area contributed by atoms with Crippen molar-refractivity contribution in [2.75, 3.05) is 25.5 Å². The van der Waals surface area contributed by atoms with Gasteiger partial charge in [-0.2, -0.15) is 5.10 Å². The average molecular weight is 409 g/mol. The smallest absolute Gasteiger partial charge is 0.225 e. The number of anilines is 1. The summed E-state index contributed by atoms with van der Waals surface area (Å²) in [6, 6.07) is 6.80.